The van der Waals surface area contributed by atoms with Gasteiger partial charge in [0.15, 0.2) is 0 Å². The number of carbonyl (C=O) groups excluding carboxylic acids is 2. The third-order valence-electron chi connectivity index (χ3n) is 3.01. The summed E-state index contributed by atoms with van der Waals surface area (Å²) in [5, 5.41) is 5.44. The number of carbonyl (C=O) groups is 2. The second-order valence-electron chi connectivity index (χ2n) is 4.91. The van der Waals surface area contributed by atoms with Crippen LogP contribution in [0.1, 0.15) is 48.9 Å². The van der Waals surface area contributed by atoms with Gasteiger partial charge in [-0.3, -0.25) is 9.59 Å². The number of nitrogens with one attached hydrogen (secondary N) is 2. The number of amides is 2. The second kappa shape index (κ2) is 5.77. The number of hydrogen-bond acceptors (Lipinski definition) is 4. The van der Waals surface area contributed by atoms with Gasteiger partial charge >= 0.3 is 0 Å². The van der Waals surface area contributed by atoms with Gasteiger partial charge in [-0.05, 0) is 18.9 Å². The van der Waals surface area contributed by atoms with E-state index in [0.29, 0.717) is 24.5 Å². The lowest BCUT2D eigenvalue weighted by Gasteiger charge is -2.22. The standard InChI is InChI=1S/C13H18N4O2/c1-8(2)11-14-7-5-10(16-11)13(19)17-9-4-3-6-15-12(9)18/h5,7-9H,3-4,6H2,1-2H3,(H,15,18)(H,17,19)/t9-/m1/s1. The van der Waals surface area contributed by atoms with E-state index in [1.807, 2.05) is 13.8 Å². The van der Waals surface area contributed by atoms with E-state index < -0.39 is 6.04 Å². The second-order valence-corrected chi connectivity index (χ2v) is 4.91. The van der Waals surface area contributed by atoms with Crippen molar-refractivity contribution in [1.29, 1.82) is 0 Å². The Labute approximate surface area is 112 Å². The van der Waals surface area contributed by atoms with Gasteiger partial charge in [-0.2, -0.15) is 0 Å². The minimum Gasteiger partial charge on any atom is -0.354 e. The molecule has 1 atom stereocenters. The summed E-state index contributed by atoms with van der Waals surface area (Å²) in [5.41, 5.74) is 0.303. The van der Waals surface area contributed by atoms with E-state index in [-0.39, 0.29) is 17.7 Å². The van der Waals surface area contributed by atoms with Crippen molar-refractivity contribution in [2.45, 2.75) is 38.6 Å². The quantitative estimate of drug-likeness (QED) is 0.836. The molecule has 2 amide bonds. The van der Waals surface area contributed by atoms with Crippen LogP contribution in [0.2, 0.25) is 0 Å². The highest BCUT2D eigenvalue weighted by Crippen LogP contribution is 2.09. The van der Waals surface area contributed by atoms with Crippen molar-refractivity contribution >= 4 is 11.8 Å². The Balaban J connectivity index is 2.07. The summed E-state index contributed by atoms with van der Waals surface area (Å²) in [4.78, 5) is 32.0. The fourth-order valence-electron chi connectivity index (χ4n) is 1.92. The van der Waals surface area contributed by atoms with Gasteiger partial charge in [0.2, 0.25) is 5.91 Å². The minimum absolute atomic E-state index is 0.127. The summed E-state index contributed by atoms with van der Waals surface area (Å²) in [6.07, 6.45) is 3.11. The zero-order chi connectivity index (χ0) is 13.8. The van der Waals surface area contributed by atoms with Gasteiger partial charge in [0.1, 0.15) is 17.6 Å². The largest absolute Gasteiger partial charge is 0.354 e. The number of hydrogen-bond donors (Lipinski definition) is 2. The number of rotatable bonds is 3. The van der Waals surface area contributed by atoms with Crippen molar-refractivity contribution in [3.05, 3.63) is 23.8 Å². The molecular formula is C13H18N4O2. The van der Waals surface area contributed by atoms with Crippen LogP contribution >= 0.6 is 0 Å². The zero-order valence-corrected chi connectivity index (χ0v) is 11.1. The number of nitrogens with zero attached hydrogens (tertiary/aromatic N) is 2. The van der Waals surface area contributed by atoms with Gasteiger partial charge in [-0.1, -0.05) is 13.8 Å². The molecule has 0 aromatic carbocycles. The van der Waals surface area contributed by atoms with E-state index >= 15 is 0 Å². The highest BCUT2D eigenvalue weighted by molar-refractivity contribution is 5.96. The highest BCUT2D eigenvalue weighted by Gasteiger charge is 2.24. The molecule has 0 spiro atoms. The lowest BCUT2D eigenvalue weighted by atomic mass is 10.1. The van der Waals surface area contributed by atoms with Crippen LogP contribution in [-0.2, 0) is 4.79 Å². The monoisotopic (exact) mass is 262 g/mol. The van der Waals surface area contributed by atoms with E-state index in [2.05, 4.69) is 20.6 Å². The molecule has 2 rings (SSSR count). The van der Waals surface area contributed by atoms with Crippen molar-refractivity contribution in [3.8, 4) is 0 Å². The van der Waals surface area contributed by atoms with Crippen LogP contribution in [0.5, 0.6) is 0 Å². The molecule has 0 saturated carbocycles. The molecular weight excluding hydrogens is 244 g/mol. The molecule has 1 aromatic rings. The Bertz CT molecular complexity index is 487. The summed E-state index contributed by atoms with van der Waals surface area (Å²) in [7, 11) is 0. The Morgan fingerprint density at radius 1 is 1.53 bits per heavy atom. The van der Waals surface area contributed by atoms with Gasteiger partial charge in [-0.25, -0.2) is 9.97 Å². The van der Waals surface area contributed by atoms with Crippen LogP contribution in [-0.4, -0.2) is 34.4 Å². The van der Waals surface area contributed by atoms with Crippen molar-refractivity contribution in [3.63, 3.8) is 0 Å². The number of aromatic nitrogens is 2. The Hall–Kier alpha value is -1.98. The van der Waals surface area contributed by atoms with Gasteiger partial charge in [0.05, 0.1) is 0 Å². The summed E-state index contributed by atoms with van der Waals surface area (Å²) in [6.45, 7) is 4.60. The number of piperidine rings is 1. The molecule has 1 aliphatic heterocycles. The van der Waals surface area contributed by atoms with Gasteiger partial charge in [-0.15, -0.1) is 0 Å². The molecule has 6 nitrogen and oxygen atoms in total. The molecule has 6 heteroatoms. The summed E-state index contributed by atoms with van der Waals surface area (Å²) in [6, 6.07) is 1.10. The first kappa shape index (κ1) is 13.5. The molecule has 0 aliphatic carbocycles. The van der Waals surface area contributed by atoms with Crippen molar-refractivity contribution in [1.82, 2.24) is 20.6 Å². The first-order valence-corrected chi connectivity index (χ1v) is 6.49. The maximum absolute atomic E-state index is 12.1. The van der Waals surface area contributed by atoms with Crippen molar-refractivity contribution in [2.75, 3.05) is 6.54 Å². The lowest BCUT2D eigenvalue weighted by molar-refractivity contribution is -0.124. The summed E-state index contributed by atoms with van der Waals surface area (Å²) >= 11 is 0. The fraction of sp³-hybridized carbons (Fsp3) is 0.538. The molecule has 0 radical (unpaired) electrons. The van der Waals surface area contributed by atoms with Crippen LogP contribution < -0.4 is 10.6 Å². The Kier molecular flexibility index (Phi) is 4.09. The molecule has 1 saturated heterocycles. The SMILES string of the molecule is CC(C)c1nccc(C(=O)N[C@@H]2CCCNC2=O)n1. The molecule has 19 heavy (non-hydrogen) atoms. The van der Waals surface area contributed by atoms with Gasteiger partial charge in [0, 0.05) is 18.7 Å². The average molecular weight is 262 g/mol. The zero-order valence-electron chi connectivity index (χ0n) is 11.1. The third kappa shape index (κ3) is 3.27. The van der Waals surface area contributed by atoms with E-state index in [1.165, 1.54) is 0 Å². The van der Waals surface area contributed by atoms with E-state index in [4.69, 9.17) is 0 Å². The van der Waals surface area contributed by atoms with Crippen molar-refractivity contribution in [2.24, 2.45) is 0 Å². The first-order chi connectivity index (χ1) is 9.08. The van der Waals surface area contributed by atoms with Crippen LogP contribution in [0.15, 0.2) is 12.3 Å². The van der Waals surface area contributed by atoms with Gasteiger partial charge < -0.3 is 10.6 Å². The molecule has 0 bridgehead atoms. The van der Waals surface area contributed by atoms with Crippen LogP contribution in [0, 0.1) is 0 Å². The predicted octanol–water partition coefficient (Wildman–Crippen LogP) is 0.608. The maximum Gasteiger partial charge on any atom is 0.270 e. The van der Waals surface area contributed by atoms with E-state index in [9.17, 15) is 9.59 Å². The lowest BCUT2D eigenvalue weighted by Crippen LogP contribution is -2.50. The van der Waals surface area contributed by atoms with Crippen LogP contribution in [0.25, 0.3) is 0 Å². The van der Waals surface area contributed by atoms with Crippen LogP contribution in [0.3, 0.4) is 0 Å². The predicted molar refractivity (Wildman–Crippen MR) is 69.6 cm³/mol. The molecule has 2 N–H and O–H groups in total. The smallest absolute Gasteiger partial charge is 0.270 e. The maximum atomic E-state index is 12.1. The van der Waals surface area contributed by atoms with E-state index in [1.54, 1.807) is 12.3 Å². The minimum atomic E-state index is -0.460. The molecule has 1 aromatic heterocycles. The fourth-order valence-corrected chi connectivity index (χ4v) is 1.92. The molecule has 1 aliphatic rings. The normalized spacial score (nSPS) is 19.1. The van der Waals surface area contributed by atoms with Gasteiger partial charge in [0.25, 0.3) is 5.91 Å². The topological polar surface area (TPSA) is 84.0 Å². The summed E-state index contributed by atoms with van der Waals surface area (Å²) < 4.78 is 0. The molecule has 0 unspecified atom stereocenters. The molecule has 102 valence electrons. The highest BCUT2D eigenvalue weighted by atomic mass is 16.2. The Morgan fingerprint density at radius 3 is 3.00 bits per heavy atom. The van der Waals surface area contributed by atoms with Crippen molar-refractivity contribution < 1.29 is 9.59 Å². The summed E-state index contributed by atoms with van der Waals surface area (Å²) in [5.74, 6) is 0.329. The van der Waals surface area contributed by atoms with E-state index in [0.717, 1.165) is 6.42 Å². The molecule has 2 heterocycles. The first-order valence-electron chi connectivity index (χ1n) is 6.49. The average Bonchev–Trinajstić information content (AvgIpc) is 2.41. The Morgan fingerprint density at radius 2 is 2.32 bits per heavy atom. The molecule has 1 fully saturated rings. The van der Waals surface area contributed by atoms with Crippen LogP contribution in [0.4, 0.5) is 0 Å². The third-order valence-corrected chi connectivity index (χ3v) is 3.01.